The van der Waals surface area contributed by atoms with Crippen molar-refractivity contribution in [3.8, 4) is 0 Å². The minimum Gasteiger partial charge on any atom is -0.396 e. The molecule has 1 aliphatic carbocycles. The number of halogens is 2. The van der Waals surface area contributed by atoms with Gasteiger partial charge in [0, 0.05) is 12.5 Å². The molecular weight excluding hydrogens is 317 g/mol. The van der Waals surface area contributed by atoms with Crippen molar-refractivity contribution < 1.29 is 15.3 Å². The maximum atomic E-state index is 10.2. The minimum atomic E-state index is -1.03. The second-order valence-electron chi connectivity index (χ2n) is 5.32. The molecule has 1 aromatic heterocycles. The Morgan fingerprint density at radius 1 is 1.24 bits per heavy atom. The molecular formula is C13H15Cl2N3O3. The number of aliphatic hydroxyl groups is 3. The standard InChI is InChI=1S/C13H15Cl2N3O3/c14-6-2-8-9(3-7(6)15)18(13(16)17-8)10-1-5(4-19)11(20)12(10)21/h2-3,5,10-12,19-21H,1,4H2,(H2,16,17)/t5-,10-,11-,12+/m0/s1. The zero-order valence-electron chi connectivity index (χ0n) is 10.9. The maximum absolute atomic E-state index is 10.2. The van der Waals surface area contributed by atoms with E-state index in [4.69, 9.17) is 28.9 Å². The van der Waals surface area contributed by atoms with Gasteiger partial charge in [-0.3, -0.25) is 0 Å². The lowest BCUT2D eigenvalue weighted by molar-refractivity contribution is -0.00343. The smallest absolute Gasteiger partial charge is 0.201 e. The zero-order chi connectivity index (χ0) is 15.3. The van der Waals surface area contributed by atoms with E-state index in [1.165, 1.54) is 0 Å². The number of fused-ring (bicyclic) bond motifs is 1. The number of nitrogens with zero attached hydrogens (tertiary/aromatic N) is 2. The van der Waals surface area contributed by atoms with Gasteiger partial charge in [0.05, 0.1) is 33.2 Å². The molecule has 8 heteroatoms. The van der Waals surface area contributed by atoms with Crippen LogP contribution in [-0.2, 0) is 0 Å². The summed E-state index contributed by atoms with van der Waals surface area (Å²) >= 11 is 12.0. The second kappa shape index (κ2) is 5.30. The van der Waals surface area contributed by atoms with Crippen molar-refractivity contribution in [2.24, 2.45) is 5.92 Å². The number of hydrogen-bond donors (Lipinski definition) is 4. The van der Waals surface area contributed by atoms with Crippen molar-refractivity contribution >= 4 is 40.2 Å². The van der Waals surface area contributed by atoms with Crippen LogP contribution in [0.15, 0.2) is 12.1 Å². The quantitative estimate of drug-likeness (QED) is 0.661. The Labute approximate surface area is 130 Å². The maximum Gasteiger partial charge on any atom is 0.201 e. The fourth-order valence-electron chi connectivity index (χ4n) is 2.99. The monoisotopic (exact) mass is 331 g/mol. The van der Waals surface area contributed by atoms with E-state index in [2.05, 4.69) is 4.98 Å². The Bertz CT molecular complexity index is 691. The number of imidazole rings is 1. The third-order valence-corrected chi connectivity index (χ3v) is 4.82. The molecule has 0 bridgehead atoms. The van der Waals surface area contributed by atoms with Crippen molar-refractivity contribution in [2.45, 2.75) is 24.7 Å². The van der Waals surface area contributed by atoms with Crippen molar-refractivity contribution in [1.29, 1.82) is 0 Å². The first kappa shape index (κ1) is 14.9. The van der Waals surface area contributed by atoms with Crippen molar-refractivity contribution in [3.63, 3.8) is 0 Å². The summed E-state index contributed by atoms with van der Waals surface area (Å²) in [6.07, 6.45) is -1.63. The fraction of sp³-hybridized carbons (Fsp3) is 0.462. The number of benzene rings is 1. The van der Waals surface area contributed by atoms with E-state index in [9.17, 15) is 15.3 Å². The highest BCUT2D eigenvalue weighted by Crippen LogP contribution is 2.39. The first-order chi connectivity index (χ1) is 9.93. The molecule has 1 aliphatic rings. The van der Waals surface area contributed by atoms with Crippen LogP contribution in [0.3, 0.4) is 0 Å². The fourth-order valence-corrected chi connectivity index (χ4v) is 3.31. The summed E-state index contributed by atoms with van der Waals surface area (Å²) < 4.78 is 1.64. The lowest BCUT2D eigenvalue weighted by Gasteiger charge is -2.20. The van der Waals surface area contributed by atoms with Crippen LogP contribution >= 0.6 is 23.2 Å². The molecule has 5 N–H and O–H groups in total. The lowest BCUT2D eigenvalue weighted by Crippen LogP contribution is -2.30. The number of rotatable bonds is 2. The largest absolute Gasteiger partial charge is 0.396 e. The van der Waals surface area contributed by atoms with Crippen LogP contribution in [0.5, 0.6) is 0 Å². The number of nitrogens with two attached hydrogens (primary N) is 1. The summed E-state index contributed by atoms with van der Waals surface area (Å²) in [5, 5.41) is 30.2. The van der Waals surface area contributed by atoms with Gasteiger partial charge in [-0.1, -0.05) is 23.2 Å². The van der Waals surface area contributed by atoms with Gasteiger partial charge >= 0.3 is 0 Å². The number of aliphatic hydroxyl groups excluding tert-OH is 3. The highest BCUT2D eigenvalue weighted by atomic mass is 35.5. The molecule has 0 spiro atoms. The molecule has 1 heterocycles. The van der Waals surface area contributed by atoms with Gasteiger partial charge in [0.25, 0.3) is 0 Å². The van der Waals surface area contributed by atoms with Crippen molar-refractivity contribution in [3.05, 3.63) is 22.2 Å². The average Bonchev–Trinajstić information content (AvgIpc) is 2.89. The first-order valence-corrected chi connectivity index (χ1v) is 7.29. The molecule has 0 radical (unpaired) electrons. The Morgan fingerprint density at radius 3 is 2.52 bits per heavy atom. The van der Waals surface area contributed by atoms with E-state index < -0.39 is 24.2 Å². The van der Waals surface area contributed by atoms with Crippen LogP contribution in [0.1, 0.15) is 12.5 Å². The molecule has 3 rings (SSSR count). The van der Waals surface area contributed by atoms with Crippen LogP contribution in [0, 0.1) is 5.92 Å². The van der Waals surface area contributed by atoms with Crippen LogP contribution in [0.2, 0.25) is 10.0 Å². The Kier molecular flexibility index (Phi) is 3.75. The molecule has 4 atom stereocenters. The molecule has 114 valence electrons. The van der Waals surface area contributed by atoms with Gasteiger partial charge < -0.3 is 25.6 Å². The van der Waals surface area contributed by atoms with E-state index in [-0.39, 0.29) is 12.6 Å². The van der Waals surface area contributed by atoms with Crippen LogP contribution in [0.4, 0.5) is 5.95 Å². The molecule has 0 aliphatic heterocycles. The topological polar surface area (TPSA) is 105 Å². The molecule has 2 aromatic rings. The SMILES string of the molecule is Nc1nc2cc(Cl)c(Cl)cc2n1[C@H]1C[C@@H](CO)[C@H](O)[C@@H]1O. The summed E-state index contributed by atoms with van der Waals surface area (Å²) in [6, 6.07) is 2.76. The number of hydrogen-bond acceptors (Lipinski definition) is 5. The summed E-state index contributed by atoms with van der Waals surface area (Å²) in [5.74, 6) is -0.192. The van der Waals surface area contributed by atoms with E-state index >= 15 is 0 Å². The zero-order valence-corrected chi connectivity index (χ0v) is 12.5. The van der Waals surface area contributed by atoms with E-state index in [0.29, 0.717) is 27.5 Å². The Morgan fingerprint density at radius 2 is 1.90 bits per heavy atom. The van der Waals surface area contributed by atoms with Gasteiger partial charge in [-0.2, -0.15) is 0 Å². The van der Waals surface area contributed by atoms with Crippen molar-refractivity contribution in [2.75, 3.05) is 12.3 Å². The predicted molar refractivity (Wildman–Crippen MR) is 80.4 cm³/mol. The van der Waals surface area contributed by atoms with Gasteiger partial charge in [0.1, 0.15) is 6.10 Å². The van der Waals surface area contributed by atoms with Gasteiger partial charge in [-0.05, 0) is 18.6 Å². The van der Waals surface area contributed by atoms with Crippen molar-refractivity contribution in [1.82, 2.24) is 9.55 Å². The normalized spacial score (nSPS) is 29.4. The summed E-state index contributed by atoms with van der Waals surface area (Å²) in [6.45, 7) is -0.201. The van der Waals surface area contributed by atoms with Gasteiger partial charge in [-0.25, -0.2) is 4.98 Å². The Balaban J connectivity index is 2.12. The molecule has 1 fully saturated rings. The van der Waals surface area contributed by atoms with Gasteiger partial charge in [-0.15, -0.1) is 0 Å². The van der Waals surface area contributed by atoms with Gasteiger partial charge in [0.2, 0.25) is 5.95 Å². The molecule has 0 amide bonds. The average molecular weight is 332 g/mol. The van der Waals surface area contributed by atoms with E-state index in [1.54, 1.807) is 16.7 Å². The summed E-state index contributed by atoms with van der Waals surface area (Å²) in [4.78, 5) is 4.21. The number of anilines is 1. The first-order valence-electron chi connectivity index (χ1n) is 6.53. The van der Waals surface area contributed by atoms with Crippen LogP contribution in [0.25, 0.3) is 11.0 Å². The van der Waals surface area contributed by atoms with E-state index in [1.807, 2.05) is 0 Å². The molecule has 1 saturated carbocycles. The summed E-state index contributed by atoms with van der Waals surface area (Å²) in [5.41, 5.74) is 7.14. The minimum absolute atomic E-state index is 0.201. The van der Waals surface area contributed by atoms with Crippen LogP contribution in [-0.4, -0.2) is 43.7 Å². The molecule has 0 saturated heterocycles. The second-order valence-corrected chi connectivity index (χ2v) is 6.14. The molecule has 21 heavy (non-hydrogen) atoms. The third kappa shape index (κ3) is 2.27. The van der Waals surface area contributed by atoms with Crippen LogP contribution < -0.4 is 5.73 Å². The number of nitrogen functional groups attached to an aromatic ring is 1. The van der Waals surface area contributed by atoms with Gasteiger partial charge in [0.15, 0.2) is 0 Å². The van der Waals surface area contributed by atoms with E-state index in [0.717, 1.165) is 0 Å². The molecule has 0 unspecified atom stereocenters. The highest BCUT2D eigenvalue weighted by Gasteiger charge is 2.43. The predicted octanol–water partition coefficient (Wildman–Crippen LogP) is 1.20. The lowest BCUT2D eigenvalue weighted by atomic mass is 10.1. The molecule has 6 nitrogen and oxygen atoms in total. The number of aromatic nitrogens is 2. The third-order valence-electron chi connectivity index (χ3n) is 4.10. The summed E-state index contributed by atoms with van der Waals surface area (Å²) in [7, 11) is 0. The molecule has 1 aromatic carbocycles. The highest BCUT2D eigenvalue weighted by molar-refractivity contribution is 6.42. The Hall–Kier alpha value is -1.05.